The Hall–Kier alpha value is -1.52. The van der Waals surface area contributed by atoms with Gasteiger partial charge < -0.3 is 12.3 Å². The molecule has 296 valence electrons. The highest BCUT2D eigenvalue weighted by Gasteiger charge is 2.77. The molecule has 0 fully saturated rings. The van der Waals surface area contributed by atoms with Crippen molar-refractivity contribution in [1.29, 1.82) is 0 Å². The molecule has 0 aliphatic heterocycles. The third-order valence-electron chi connectivity index (χ3n) is 5.70. The number of halogens is 18. The summed E-state index contributed by atoms with van der Waals surface area (Å²) in [6.07, 6.45) is -18.9. The Kier molecular flexibility index (Phi) is 20.1. The Labute approximate surface area is 261 Å². The van der Waals surface area contributed by atoms with E-state index in [4.69, 9.17) is 9.11 Å². The van der Waals surface area contributed by atoms with E-state index in [0.717, 1.165) is 0 Å². The summed E-state index contributed by atoms with van der Waals surface area (Å²) in [5.41, 5.74) is 0. The monoisotopic (exact) mass is 802 g/mol. The van der Waals surface area contributed by atoms with Crippen LogP contribution >= 0.6 is 0 Å². The fourth-order valence-corrected chi connectivity index (χ4v) is 4.06. The van der Waals surface area contributed by atoms with Crippen molar-refractivity contribution >= 4 is 20.2 Å². The summed E-state index contributed by atoms with van der Waals surface area (Å²) in [4.78, 5) is 0. The van der Waals surface area contributed by atoms with Gasteiger partial charge in [0, 0.05) is 25.7 Å². The summed E-state index contributed by atoms with van der Waals surface area (Å²) >= 11 is 0. The Morgan fingerprint density at radius 3 is 0.708 bits per heavy atom. The average molecular weight is 803 g/mol. The van der Waals surface area contributed by atoms with Crippen molar-refractivity contribution < 1.29 is 105 Å². The maximum Gasteiger partial charge on any atom is 0.437 e. The van der Waals surface area contributed by atoms with Crippen LogP contribution in [-0.2, 0) is 20.2 Å². The maximum absolute atomic E-state index is 13.1. The smallest absolute Gasteiger partial charge is 0.344 e. The largest absolute Gasteiger partial charge is 0.437 e. The lowest BCUT2D eigenvalue weighted by Crippen LogP contribution is -2.57. The molecule has 0 aromatic rings. The zero-order valence-electron chi connectivity index (χ0n) is 24.0. The zero-order valence-corrected chi connectivity index (χ0v) is 25.7. The Morgan fingerprint density at radius 1 is 0.354 bits per heavy atom. The summed E-state index contributed by atoms with van der Waals surface area (Å²) in [6, 6.07) is 0. The first-order valence-electron chi connectivity index (χ1n) is 12.3. The number of hydrogen-bond acceptors (Lipinski definition) is 6. The van der Waals surface area contributed by atoms with E-state index >= 15 is 0 Å². The first-order valence-corrected chi connectivity index (χ1v) is 15.1. The molecular formula is C20H32F18N2O6S2. The standard InChI is InChI=1S/2C10H13F9O3S.2H3N/c2*11-7(12,5-3-1-2-4-6-8(13,14)15)9(16,17)10(18,19)23(20,21)22;;/h2*1-6H2,(H,20,21,22);2*1H3. The summed E-state index contributed by atoms with van der Waals surface area (Å²) in [5.74, 6) is -23.7. The Morgan fingerprint density at radius 2 is 0.542 bits per heavy atom. The van der Waals surface area contributed by atoms with Crippen LogP contribution < -0.4 is 12.3 Å². The second-order valence-corrected chi connectivity index (χ2v) is 12.5. The van der Waals surface area contributed by atoms with E-state index in [1.165, 1.54) is 0 Å². The second kappa shape index (κ2) is 18.1. The fraction of sp³-hybridized carbons (Fsp3) is 1.00. The van der Waals surface area contributed by atoms with Crippen molar-refractivity contribution in [2.75, 3.05) is 0 Å². The molecule has 0 aliphatic carbocycles. The van der Waals surface area contributed by atoms with E-state index in [-0.39, 0.29) is 38.0 Å². The molecule has 0 heterocycles. The van der Waals surface area contributed by atoms with E-state index in [9.17, 15) is 95.9 Å². The molecule has 28 heteroatoms. The molecule has 0 spiro atoms. The predicted molar refractivity (Wildman–Crippen MR) is 130 cm³/mol. The lowest BCUT2D eigenvalue weighted by molar-refractivity contribution is -0.283. The van der Waals surface area contributed by atoms with Crippen LogP contribution in [0.1, 0.15) is 77.0 Å². The minimum absolute atomic E-state index is 0. The average Bonchev–Trinajstić information content (AvgIpc) is 2.80. The normalized spacial score (nSPS) is 14.4. The van der Waals surface area contributed by atoms with Gasteiger partial charge in [-0.3, -0.25) is 9.11 Å². The van der Waals surface area contributed by atoms with E-state index in [2.05, 4.69) is 0 Å². The fourth-order valence-electron chi connectivity index (χ4n) is 3.12. The van der Waals surface area contributed by atoms with Crippen molar-refractivity contribution in [2.45, 2.75) is 124 Å². The van der Waals surface area contributed by atoms with Crippen LogP contribution in [0.25, 0.3) is 0 Å². The van der Waals surface area contributed by atoms with Gasteiger partial charge in [0.15, 0.2) is 0 Å². The van der Waals surface area contributed by atoms with E-state index in [0.29, 0.717) is 0 Å². The van der Waals surface area contributed by atoms with Crippen molar-refractivity contribution in [3.63, 3.8) is 0 Å². The van der Waals surface area contributed by atoms with Gasteiger partial charge in [-0.2, -0.15) is 95.9 Å². The van der Waals surface area contributed by atoms with Crippen LogP contribution in [-0.4, -0.2) is 72.5 Å². The van der Waals surface area contributed by atoms with Gasteiger partial charge in [0.05, 0.1) is 0 Å². The molecular weight excluding hydrogens is 770 g/mol. The number of rotatable bonds is 18. The van der Waals surface area contributed by atoms with Crippen LogP contribution in [0.3, 0.4) is 0 Å². The van der Waals surface area contributed by atoms with Gasteiger partial charge in [0.25, 0.3) is 0 Å². The molecule has 0 atom stereocenters. The molecule has 0 aromatic heterocycles. The molecule has 0 saturated heterocycles. The van der Waals surface area contributed by atoms with Crippen molar-refractivity contribution in [3.8, 4) is 0 Å². The van der Waals surface area contributed by atoms with Crippen LogP contribution in [0.15, 0.2) is 0 Å². The van der Waals surface area contributed by atoms with E-state index < -0.39 is 118 Å². The molecule has 0 bridgehead atoms. The Bertz CT molecular complexity index is 1070. The molecule has 0 aromatic carbocycles. The van der Waals surface area contributed by atoms with Gasteiger partial charge in [-0.15, -0.1) is 0 Å². The van der Waals surface area contributed by atoms with Crippen LogP contribution in [0.2, 0.25) is 0 Å². The lowest BCUT2D eigenvalue weighted by atomic mass is 10.0. The van der Waals surface area contributed by atoms with Crippen LogP contribution in [0.4, 0.5) is 79.0 Å². The van der Waals surface area contributed by atoms with Gasteiger partial charge in [0.1, 0.15) is 0 Å². The maximum atomic E-state index is 13.1. The second-order valence-electron chi connectivity index (χ2n) is 9.60. The van der Waals surface area contributed by atoms with Crippen molar-refractivity contribution in [3.05, 3.63) is 0 Å². The molecule has 48 heavy (non-hydrogen) atoms. The topological polar surface area (TPSA) is 179 Å². The summed E-state index contributed by atoms with van der Waals surface area (Å²) in [6.45, 7) is 0. The first kappa shape index (κ1) is 53.3. The molecule has 0 unspecified atom stereocenters. The third kappa shape index (κ3) is 15.2. The van der Waals surface area contributed by atoms with E-state index in [1.54, 1.807) is 0 Å². The number of alkyl halides is 18. The summed E-state index contributed by atoms with van der Waals surface area (Å²) < 4.78 is 283. The third-order valence-corrected chi connectivity index (χ3v) is 7.51. The van der Waals surface area contributed by atoms with Crippen molar-refractivity contribution in [2.24, 2.45) is 0 Å². The molecule has 0 rings (SSSR count). The van der Waals surface area contributed by atoms with Gasteiger partial charge >= 0.3 is 66.8 Å². The molecule has 0 radical (unpaired) electrons. The number of unbranched alkanes of at least 4 members (excludes halogenated alkanes) is 6. The quantitative estimate of drug-likeness (QED) is 0.0601. The lowest BCUT2D eigenvalue weighted by Gasteiger charge is -2.30. The zero-order chi connectivity index (χ0) is 37.5. The molecule has 0 amide bonds. The SMILES string of the molecule is N.N.O=S(=O)(O)C(F)(F)C(F)(F)C(F)(F)CCCCCCC(F)(F)F.O=S(=O)(O)C(F)(F)C(F)(F)C(F)(F)CCCCCCC(F)(F)F. The minimum Gasteiger partial charge on any atom is -0.344 e. The Balaban J connectivity index is -0.000000387. The van der Waals surface area contributed by atoms with Gasteiger partial charge in [-0.25, -0.2) is 0 Å². The predicted octanol–water partition coefficient (Wildman–Crippen LogP) is 9.60. The highest BCUT2D eigenvalue weighted by molar-refractivity contribution is 7.87. The summed E-state index contributed by atoms with van der Waals surface area (Å²) in [5, 5.41) is -12.8. The van der Waals surface area contributed by atoms with Crippen LogP contribution in [0, 0.1) is 0 Å². The summed E-state index contributed by atoms with van der Waals surface area (Å²) in [7, 11) is -13.6. The highest BCUT2D eigenvalue weighted by atomic mass is 32.2. The molecule has 0 saturated carbocycles. The first-order chi connectivity index (χ1) is 19.9. The highest BCUT2D eigenvalue weighted by Crippen LogP contribution is 2.51. The molecule has 0 aliphatic rings. The van der Waals surface area contributed by atoms with Gasteiger partial charge in [-0.05, 0) is 25.7 Å². The molecule has 8 nitrogen and oxygen atoms in total. The minimum atomic E-state index is -6.79. The van der Waals surface area contributed by atoms with E-state index in [1.807, 2.05) is 0 Å². The van der Waals surface area contributed by atoms with Gasteiger partial charge in [0.2, 0.25) is 0 Å². The molecule has 8 N–H and O–H groups in total. The van der Waals surface area contributed by atoms with Gasteiger partial charge in [-0.1, -0.05) is 25.7 Å². The van der Waals surface area contributed by atoms with Crippen LogP contribution in [0.5, 0.6) is 0 Å². The number of hydrogen-bond donors (Lipinski definition) is 4. The van der Waals surface area contributed by atoms with Crippen molar-refractivity contribution in [1.82, 2.24) is 12.3 Å².